The Morgan fingerprint density at radius 1 is 1.15 bits per heavy atom. The number of aromatic nitrogens is 3. The Balaban J connectivity index is 1.47. The molecule has 1 aromatic heterocycles. The van der Waals surface area contributed by atoms with Crippen molar-refractivity contribution >= 4 is 11.6 Å². The predicted molar refractivity (Wildman–Crippen MR) is 103 cm³/mol. The fraction of sp³-hybridized carbons (Fsp3) is 0.300. The van der Waals surface area contributed by atoms with Crippen LogP contribution in [0.5, 0.6) is 0 Å². The van der Waals surface area contributed by atoms with Crippen molar-refractivity contribution in [2.24, 2.45) is 11.7 Å². The first-order valence-corrected chi connectivity index (χ1v) is 9.36. The molecule has 5 nitrogen and oxygen atoms in total. The fourth-order valence-corrected chi connectivity index (χ4v) is 3.93. The zero-order valence-corrected chi connectivity index (χ0v) is 15.6. The molecule has 1 aliphatic heterocycles. The molecule has 0 amide bonds. The zero-order valence-electron chi connectivity index (χ0n) is 14.8. The molecule has 2 atom stereocenters. The maximum absolute atomic E-state index is 13.3. The van der Waals surface area contributed by atoms with Gasteiger partial charge in [-0.2, -0.15) is 0 Å². The summed E-state index contributed by atoms with van der Waals surface area (Å²) in [5, 5.41) is 8.48. The largest absolute Gasteiger partial charge is 0.330 e. The Morgan fingerprint density at radius 2 is 1.96 bits per heavy atom. The Kier molecular flexibility index (Phi) is 5.20. The van der Waals surface area contributed by atoms with Crippen LogP contribution in [-0.4, -0.2) is 39.5 Å². The summed E-state index contributed by atoms with van der Waals surface area (Å²) in [6.07, 6.45) is 1.86. The minimum absolute atomic E-state index is 0.0700. The van der Waals surface area contributed by atoms with E-state index in [0.717, 1.165) is 18.8 Å². The first kappa shape index (κ1) is 18.1. The van der Waals surface area contributed by atoms with Crippen LogP contribution in [0.1, 0.15) is 17.2 Å². The van der Waals surface area contributed by atoms with E-state index in [-0.39, 0.29) is 5.02 Å². The molecular weight excluding hydrogens is 365 g/mol. The van der Waals surface area contributed by atoms with Crippen LogP contribution in [0.15, 0.2) is 54.7 Å². The number of nitrogens with zero attached hydrogens (tertiary/aromatic N) is 4. The molecule has 4 rings (SSSR count). The van der Waals surface area contributed by atoms with Gasteiger partial charge in [0, 0.05) is 25.6 Å². The molecule has 2 N–H and O–H groups in total. The molecule has 1 fully saturated rings. The van der Waals surface area contributed by atoms with Crippen molar-refractivity contribution in [3.63, 3.8) is 0 Å². The van der Waals surface area contributed by atoms with Gasteiger partial charge in [-0.3, -0.25) is 4.90 Å². The lowest BCUT2D eigenvalue weighted by Gasteiger charge is -2.16. The van der Waals surface area contributed by atoms with E-state index in [1.165, 1.54) is 11.6 Å². The summed E-state index contributed by atoms with van der Waals surface area (Å²) in [4.78, 5) is 2.36. The smallest absolute Gasteiger partial charge is 0.141 e. The topological polar surface area (TPSA) is 60.0 Å². The third kappa shape index (κ3) is 3.88. The Labute approximate surface area is 162 Å². The molecule has 3 aromatic rings. The van der Waals surface area contributed by atoms with Crippen LogP contribution in [0, 0.1) is 11.7 Å². The van der Waals surface area contributed by atoms with Crippen LogP contribution in [0.2, 0.25) is 5.02 Å². The van der Waals surface area contributed by atoms with Crippen molar-refractivity contribution in [1.82, 2.24) is 19.9 Å². The van der Waals surface area contributed by atoms with E-state index < -0.39 is 5.82 Å². The average molecular weight is 386 g/mol. The van der Waals surface area contributed by atoms with Gasteiger partial charge in [0.1, 0.15) is 5.82 Å². The van der Waals surface area contributed by atoms with Crippen LogP contribution in [0.3, 0.4) is 0 Å². The summed E-state index contributed by atoms with van der Waals surface area (Å²) in [5.41, 5.74) is 8.90. The first-order valence-electron chi connectivity index (χ1n) is 8.98. The number of likely N-dealkylation sites (tertiary alicyclic amines) is 1. The van der Waals surface area contributed by atoms with Crippen LogP contribution < -0.4 is 5.73 Å². The van der Waals surface area contributed by atoms with Gasteiger partial charge in [0.25, 0.3) is 0 Å². The van der Waals surface area contributed by atoms with Gasteiger partial charge in [-0.1, -0.05) is 47.1 Å². The molecule has 0 bridgehead atoms. The van der Waals surface area contributed by atoms with E-state index in [4.69, 9.17) is 17.3 Å². The molecular formula is C20H21ClFN5. The van der Waals surface area contributed by atoms with Crippen molar-refractivity contribution in [3.05, 3.63) is 76.8 Å². The van der Waals surface area contributed by atoms with Gasteiger partial charge in [0.05, 0.1) is 22.6 Å². The quantitative estimate of drug-likeness (QED) is 0.732. The van der Waals surface area contributed by atoms with E-state index in [0.29, 0.717) is 30.6 Å². The minimum atomic E-state index is -0.447. The second-order valence-corrected chi connectivity index (χ2v) is 7.37. The molecule has 2 aromatic carbocycles. The molecule has 0 saturated carbocycles. The van der Waals surface area contributed by atoms with Crippen LogP contribution in [-0.2, 0) is 6.54 Å². The number of benzene rings is 2. The maximum Gasteiger partial charge on any atom is 0.141 e. The van der Waals surface area contributed by atoms with E-state index in [1.54, 1.807) is 16.8 Å². The zero-order chi connectivity index (χ0) is 18.8. The summed E-state index contributed by atoms with van der Waals surface area (Å²) in [6, 6.07) is 15.0. The predicted octanol–water partition coefficient (Wildman–Crippen LogP) is 3.23. The van der Waals surface area contributed by atoms with E-state index in [2.05, 4.69) is 39.5 Å². The van der Waals surface area contributed by atoms with Crippen molar-refractivity contribution < 1.29 is 4.39 Å². The Bertz CT molecular complexity index is 914. The highest BCUT2D eigenvalue weighted by atomic mass is 35.5. The Morgan fingerprint density at radius 3 is 2.70 bits per heavy atom. The second-order valence-electron chi connectivity index (χ2n) is 6.96. The van der Waals surface area contributed by atoms with Gasteiger partial charge in [-0.15, -0.1) is 5.10 Å². The lowest BCUT2D eigenvalue weighted by Crippen LogP contribution is -2.23. The van der Waals surface area contributed by atoms with Gasteiger partial charge >= 0.3 is 0 Å². The lowest BCUT2D eigenvalue weighted by molar-refractivity contribution is 0.313. The number of nitrogens with two attached hydrogens (primary N) is 1. The van der Waals surface area contributed by atoms with Gasteiger partial charge in [0.2, 0.25) is 0 Å². The van der Waals surface area contributed by atoms with Gasteiger partial charge in [-0.25, -0.2) is 9.07 Å². The molecule has 27 heavy (non-hydrogen) atoms. The summed E-state index contributed by atoms with van der Waals surface area (Å²) >= 11 is 5.86. The van der Waals surface area contributed by atoms with Gasteiger partial charge < -0.3 is 5.73 Å². The summed E-state index contributed by atoms with van der Waals surface area (Å²) in [6.45, 7) is 3.25. The van der Waals surface area contributed by atoms with Gasteiger partial charge in [-0.05, 0) is 36.2 Å². The highest BCUT2D eigenvalue weighted by molar-refractivity contribution is 6.30. The molecule has 0 unspecified atom stereocenters. The monoisotopic (exact) mass is 385 g/mol. The molecule has 0 spiro atoms. The summed E-state index contributed by atoms with van der Waals surface area (Å²) in [5.74, 6) is 0.415. The van der Waals surface area contributed by atoms with Crippen molar-refractivity contribution in [2.45, 2.75) is 12.5 Å². The first-order chi connectivity index (χ1) is 13.1. The second kappa shape index (κ2) is 7.76. The third-order valence-corrected chi connectivity index (χ3v) is 5.43. The maximum atomic E-state index is 13.3. The highest BCUT2D eigenvalue weighted by Gasteiger charge is 2.33. The normalized spacial score (nSPS) is 20.3. The summed E-state index contributed by atoms with van der Waals surface area (Å²) < 4.78 is 15.0. The van der Waals surface area contributed by atoms with Crippen LogP contribution >= 0.6 is 11.6 Å². The number of hydrogen-bond donors (Lipinski definition) is 1. The van der Waals surface area contributed by atoms with Crippen molar-refractivity contribution in [1.29, 1.82) is 0 Å². The Hall–Kier alpha value is -2.28. The van der Waals surface area contributed by atoms with E-state index >= 15 is 0 Å². The summed E-state index contributed by atoms with van der Waals surface area (Å²) in [7, 11) is 0. The van der Waals surface area contributed by atoms with Crippen molar-refractivity contribution in [3.8, 4) is 5.69 Å². The number of rotatable bonds is 5. The molecule has 7 heteroatoms. The number of hydrogen-bond acceptors (Lipinski definition) is 4. The van der Waals surface area contributed by atoms with Gasteiger partial charge in [0.15, 0.2) is 0 Å². The molecule has 2 heterocycles. The number of halogens is 2. The average Bonchev–Trinajstić information content (AvgIpc) is 3.32. The SMILES string of the molecule is NC[C@@H]1CN(Cc2cn(-c3ccc(F)c(Cl)c3)nn2)C[C@H]1c1ccccc1. The minimum Gasteiger partial charge on any atom is -0.330 e. The fourth-order valence-electron chi connectivity index (χ4n) is 3.76. The third-order valence-electron chi connectivity index (χ3n) is 5.14. The molecule has 1 aliphatic rings. The van der Waals surface area contributed by atoms with Crippen LogP contribution in [0.25, 0.3) is 5.69 Å². The highest BCUT2D eigenvalue weighted by Crippen LogP contribution is 2.32. The molecule has 0 aliphatic carbocycles. The van der Waals surface area contributed by atoms with E-state index in [9.17, 15) is 4.39 Å². The molecule has 140 valence electrons. The standard InChI is InChI=1S/C20H21ClFN5/c21-19-8-17(6-7-20(19)22)27-12-16(24-25-27)11-26-10-15(9-23)18(13-26)14-4-2-1-3-5-14/h1-8,12,15,18H,9-11,13,23H2/t15-,18+/m1/s1. The van der Waals surface area contributed by atoms with E-state index in [1.807, 2.05) is 12.3 Å². The van der Waals surface area contributed by atoms with Crippen LogP contribution in [0.4, 0.5) is 4.39 Å². The van der Waals surface area contributed by atoms with Crippen molar-refractivity contribution in [2.75, 3.05) is 19.6 Å². The molecule has 0 radical (unpaired) electrons. The lowest BCUT2D eigenvalue weighted by atomic mass is 9.89. The molecule has 1 saturated heterocycles.